The van der Waals surface area contributed by atoms with E-state index in [1.54, 1.807) is 6.08 Å². The molecule has 1 saturated heterocycles. The number of hydrogen-bond donors (Lipinski definition) is 1. The summed E-state index contributed by atoms with van der Waals surface area (Å²) in [4.78, 5) is 12.1. The molecule has 0 radical (unpaired) electrons. The molecule has 3 rings (SSSR count). The predicted molar refractivity (Wildman–Crippen MR) is 97.7 cm³/mol. The number of amides is 1. The maximum Gasteiger partial charge on any atom is 0.250 e. The molecular weight excluding hydrogens is 338 g/mol. The number of nitrogens with one attached hydrogen (secondary N) is 1. The highest BCUT2D eigenvalue weighted by Crippen LogP contribution is 2.31. The Morgan fingerprint density at radius 3 is 3.08 bits per heavy atom. The fourth-order valence-corrected chi connectivity index (χ4v) is 3.30. The Hall–Kier alpha value is -2.25. The lowest BCUT2D eigenvalue weighted by Crippen LogP contribution is -2.07. The van der Waals surface area contributed by atoms with Crippen molar-refractivity contribution in [2.24, 2.45) is 0 Å². The summed E-state index contributed by atoms with van der Waals surface area (Å²) in [7, 11) is 0. The number of aromatic nitrogens is 2. The van der Waals surface area contributed by atoms with Crippen LogP contribution < -0.4 is 10.1 Å². The molecule has 1 unspecified atom stereocenters. The number of carbonyl (C=O) groups excluding carboxylic acids is 1. The molecule has 0 spiro atoms. The van der Waals surface area contributed by atoms with Crippen LogP contribution in [0.4, 0.5) is 5.13 Å². The Morgan fingerprint density at radius 2 is 2.32 bits per heavy atom. The third kappa shape index (κ3) is 5.11. The lowest BCUT2D eigenvalue weighted by atomic mass is 10.2. The van der Waals surface area contributed by atoms with Crippen LogP contribution in [0, 0.1) is 0 Å². The molecule has 25 heavy (non-hydrogen) atoms. The molecule has 2 aromatic rings. The number of ether oxygens (including phenoxy) is 2. The minimum atomic E-state index is -0.245. The van der Waals surface area contributed by atoms with Crippen LogP contribution in [0.15, 0.2) is 30.3 Å². The summed E-state index contributed by atoms with van der Waals surface area (Å²) in [5, 5.41) is 12.1. The normalized spacial score (nSPS) is 17.3. The molecule has 2 heterocycles. The quantitative estimate of drug-likeness (QED) is 0.794. The molecule has 1 atom stereocenters. The van der Waals surface area contributed by atoms with Crippen LogP contribution in [0.25, 0.3) is 6.08 Å². The summed E-state index contributed by atoms with van der Waals surface area (Å²) < 4.78 is 11.2. The second-order valence-corrected chi connectivity index (χ2v) is 7.02. The highest BCUT2D eigenvalue weighted by molar-refractivity contribution is 7.15. The fraction of sp³-hybridized carbons (Fsp3) is 0.389. The zero-order valence-electron chi connectivity index (χ0n) is 14.3. The van der Waals surface area contributed by atoms with Crippen LogP contribution in [0.3, 0.4) is 0 Å². The van der Waals surface area contributed by atoms with Crippen molar-refractivity contribution in [1.29, 1.82) is 0 Å². The first-order valence-corrected chi connectivity index (χ1v) is 9.12. The van der Waals surface area contributed by atoms with E-state index in [1.165, 1.54) is 17.4 Å². The Labute approximate surface area is 150 Å². The summed E-state index contributed by atoms with van der Waals surface area (Å²) in [6.07, 6.45) is 5.33. The van der Waals surface area contributed by atoms with E-state index >= 15 is 0 Å². The Morgan fingerprint density at radius 1 is 1.44 bits per heavy atom. The molecule has 1 aromatic heterocycles. The van der Waals surface area contributed by atoms with Crippen molar-refractivity contribution in [3.63, 3.8) is 0 Å². The minimum Gasteiger partial charge on any atom is -0.491 e. The lowest BCUT2D eigenvalue weighted by molar-refractivity contribution is -0.111. The summed E-state index contributed by atoms with van der Waals surface area (Å²) in [5.74, 6) is 0.535. The zero-order chi connectivity index (χ0) is 17.6. The first-order chi connectivity index (χ1) is 12.1. The van der Waals surface area contributed by atoms with E-state index in [4.69, 9.17) is 9.47 Å². The highest BCUT2D eigenvalue weighted by Gasteiger charge is 2.22. The maximum absolute atomic E-state index is 12.1. The Kier molecular flexibility index (Phi) is 5.78. The number of nitrogens with zero attached hydrogens (tertiary/aromatic N) is 2. The van der Waals surface area contributed by atoms with Crippen molar-refractivity contribution in [3.8, 4) is 5.75 Å². The molecule has 132 valence electrons. The molecule has 1 aromatic carbocycles. The molecule has 0 bridgehead atoms. The minimum absolute atomic E-state index is 0.0161. The average Bonchev–Trinajstić information content (AvgIpc) is 3.24. The lowest BCUT2D eigenvalue weighted by Gasteiger charge is -2.09. The van der Waals surface area contributed by atoms with Crippen LogP contribution in [0.5, 0.6) is 5.75 Å². The van der Waals surface area contributed by atoms with Crippen molar-refractivity contribution in [3.05, 3.63) is 40.9 Å². The van der Waals surface area contributed by atoms with Gasteiger partial charge in [-0.1, -0.05) is 23.5 Å². The molecule has 1 aliphatic rings. The predicted octanol–water partition coefficient (Wildman–Crippen LogP) is 3.83. The van der Waals surface area contributed by atoms with Gasteiger partial charge in [0.1, 0.15) is 16.9 Å². The van der Waals surface area contributed by atoms with Gasteiger partial charge in [0.15, 0.2) is 0 Å². The number of rotatable bonds is 6. The van der Waals surface area contributed by atoms with E-state index < -0.39 is 0 Å². The second-order valence-electron chi connectivity index (χ2n) is 6.01. The van der Waals surface area contributed by atoms with E-state index in [-0.39, 0.29) is 18.1 Å². The van der Waals surface area contributed by atoms with Crippen LogP contribution in [0.2, 0.25) is 0 Å². The van der Waals surface area contributed by atoms with Crippen molar-refractivity contribution < 1.29 is 14.3 Å². The van der Waals surface area contributed by atoms with Gasteiger partial charge in [-0.15, -0.1) is 10.2 Å². The number of carbonyl (C=O) groups is 1. The standard InChI is InChI=1S/C18H21N3O3S/c1-12(2)24-14-6-3-5-13(11-14)8-9-16(22)19-18-21-20-17(25-18)15-7-4-10-23-15/h3,5-6,8-9,11-12,15H,4,7,10H2,1-2H3,(H,19,21,22)/b9-8+. The molecule has 0 aliphatic carbocycles. The fourth-order valence-electron chi connectivity index (χ4n) is 2.47. The molecular formula is C18H21N3O3S. The van der Waals surface area contributed by atoms with Crippen molar-refractivity contribution in [2.75, 3.05) is 11.9 Å². The van der Waals surface area contributed by atoms with Gasteiger partial charge in [0.2, 0.25) is 11.0 Å². The maximum atomic E-state index is 12.1. The van der Waals surface area contributed by atoms with Gasteiger partial charge in [0, 0.05) is 12.7 Å². The van der Waals surface area contributed by atoms with Gasteiger partial charge in [0.05, 0.1) is 6.10 Å². The third-order valence-electron chi connectivity index (χ3n) is 3.53. The zero-order valence-corrected chi connectivity index (χ0v) is 15.1. The summed E-state index contributed by atoms with van der Waals surface area (Å²) in [5.41, 5.74) is 0.894. The monoisotopic (exact) mass is 359 g/mol. The molecule has 0 saturated carbocycles. The molecule has 1 fully saturated rings. The van der Waals surface area contributed by atoms with Gasteiger partial charge in [-0.3, -0.25) is 10.1 Å². The van der Waals surface area contributed by atoms with Gasteiger partial charge < -0.3 is 9.47 Å². The first kappa shape index (κ1) is 17.6. The second kappa shape index (κ2) is 8.22. The average molecular weight is 359 g/mol. The first-order valence-electron chi connectivity index (χ1n) is 8.31. The molecule has 1 aliphatic heterocycles. The topological polar surface area (TPSA) is 73.3 Å². The van der Waals surface area contributed by atoms with Crippen LogP contribution >= 0.6 is 11.3 Å². The van der Waals surface area contributed by atoms with E-state index in [9.17, 15) is 4.79 Å². The summed E-state index contributed by atoms with van der Waals surface area (Å²) in [6, 6.07) is 7.60. The highest BCUT2D eigenvalue weighted by atomic mass is 32.1. The van der Waals surface area contributed by atoms with E-state index in [0.717, 1.165) is 35.8 Å². The summed E-state index contributed by atoms with van der Waals surface area (Å²) in [6.45, 7) is 4.71. The Bertz CT molecular complexity index is 752. The molecule has 1 N–H and O–H groups in total. The van der Waals surface area contributed by atoms with Crippen molar-refractivity contribution >= 4 is 28.5 Å². The smallest absolute Gasteiger partial charge is 0.250 e. The van der Waals surface area contributed by atoms with Gasteiger partial charge in [-0.2, -0.15) is 0 Å². The molecule has 7 heteroatoms. The van der Waals surface area contributed by atoms with Crippen molar-refractivity contribution in [1.82, 2.24) is 10.2 Å². The number of hydrogen-bond acceptors (Lipinski definition) is 6. The Balaban J connectivity index is 1.57. The van der Waals surface area contributed by atoms with Gasteiger partial charge in [0.25, 0.3) is 0 Å². The number of benzene rings is 1. The van der Waals surface area contributed by atoms with Crippen LogP contribution in [-0.2, 0) is 9.53 Å². The largest absolute Gasteiger partial charge is 0.491 e. The molecule has 1 amide bonds. The summed E-state index contributed by atoms with van der Waals surface area (Å²) >= 11 is 1.36. The SMILES string of the molecule is CC(C)Oc1cccc(/C=C/C(=O)Nc2nnc(C3CCCO3)s2)c1. The van der Waals surface area contributed by atoms with Gasteiger partial charge in [-0.05, 0) is 50.5 Å². The van der Waals surface area contributed by atoms with Crippen molar-refractivity contribution in [2.45, 2.75) is 38.9 Å². The van der Waals surface area contributed by atoms with E-state index in [0.29, 0.717) is 5.13 Å². The van der Waals surface area contributed by atoms with Crippen LogP contribution in [0.1, 0.15) is 43.4 Å². The third-order valence-corrected chi connectivity index (χ3v) is 4.46. The van der Waals surface area contributed by atoms with Crippen LogP contribution in [-0.4, -0.2) is 28.8 Å². The van der Waals surface area contributed by atoms with Gasteiger partial charge >= 0.3 is 0 Å². The number of anilines is 1. The van der Waals surface area contributed by atoms with E-state index in [1.807, 2.05) is 38.1 Å². The van der Waals surface area contributed by atoms with E-state index in [2.05, 4.69) is 15.5 Å². The van der Waals surface area contributed by atoms with Gasteiger partial charge in [-0.25, -0.2) is 0 Å². The molecule has 6 nitrogen and oxygen atoms in total.